The molecule has 3 nitrogen and oxygen atoms in total. The molecule has 1 radical (unpaired) electrons. The van der Waals surface area contributed by atoms with Crippen molar-refractivity contribution in [1.82, 2.24) is 0 Å². The quantitative estimate of drug-likeness (QED) is 0.215. The Morgan fingerprint density at radius 1 is 0.900 bits per heavy atom. The molecule has 3 rings (SSSR count). The zero-order valence-corrected chi connectivity index (χ0v) is 18.1. The zero-order valence-electron chi connectivity index (χ0n) is 18.1. The van der Waals surface area contributed by atoms with Gasteiger partial charge in [-0.1, -0.05) is 85.7 Å². The van der Waals surface area contributed by atoms with E-state index < -0.39 is 0 Å². The Bertz CT molecular complexity index is 931. The van der Waals surface area contributed by atoms with Crippen LogP contribution in [0.1, 0.15) is 37.8 Å². The van der Waals surface area contributed by atoms with Crippen molar-refractivity contribution in [2.75, 3.05) is 13.2 Å². The molecule has 0 atom stereocenters. The molecule has 0 amide bonds. The topological polar surface area (TPSA) is 30.8 Å². The minimum absolute atomic E-state index is 0.404. The monoisotopic (exact) mass is 400 g/mol. The van der Waals surface area contributed by atoms with Crippen LogP contribution in [-0.4, -0.2) is 18.9 Å². The van der Waals surface area contributed by atoms with Crippen molar-refractivity contribution in [3.05, 3.63) is 90.0 Å². The van der Waals surface area contributed by atoms with Crippen LogP contribution in [0.4, 0.5) is 0 Å². The van der Waals surface area contributed by atoms with E-state index in [2.05, 4.69) is 73.6 Å². The molecule has 0 fully saturated rings. The molecule has 30 heavy (non-hydrogen) atoms. The number of aryl methyl sites for hydroxylation is 1. The first-order chi connectivity index (χ1) is 14.6. The van der Waals surface area contributed by atoms with Crippen molar-refractivity contribution in [3.8, 4) is 16.9 Å². The van der Waals surface area contributed by atoms with Crippen LogP contribution in [0.15, 0.2) is 78.0 Å². The maximum atomic E-state index is 5.76. The molecule has 0 saturated heterocycles. The summed E-state index contributed by atoms with van der Waals surface area (Å²) in [6, 6.07) is 27.8. The number of oxime groups is 1. The van der Waals surface area contributed by atoms with E-state index in [-0.39, 0.29) is 0 Å². The predicted octanol–water partition coefficient (Wildman–Crippen LogP) is 6.70. The molecule has 3 aromatic rings. The maximum Gasteiger partial charge on any atom is 0.151 e. The van der Waals surface area contributed by atoms with Gasteiger partial charge in [0.25, 0.3) is 0 Å². The van der Waals surface area contributed by atoms with Crippen LogP contribution >= 0.6 is 0 Å². The first kappa shape index (κ1) is 21.6. The minimum Gasteiger partial charge on any atom is -0.490 e. The summed E-state index contributed by atoms with van der Waals surface area (Å²) < 4.78 is 5.76. The van der Waals surface area contributed by atoms with Crippen molar-refractivity contribution in [3.63, 3.8) is 0 Å². The lowest BCUT2D eigenvalue weighted by Gasteiger charge is -2.11. The lowest BCUT2D eigenvalue weighted by atomic mass is 9.98. The van der Waals surface area contributed by atoms with Gasteiger partial charge < -0.3 is 9.57 Å². The fourth-order valence-corrected chi connectivity index (χ4v) is 3.13. The number of hydrogen-bond donors (Lipinski definition) is 0. The number of hydrogen-bond acceptors (Lipinski definition) is 3. The third-order valence-corrected chi connectivity index (χ3v) is 4.90. The highest BCUT2D eigenvalue weighted by molar-refractivity contribution is 6.00. The van der Waals surface area contributed by atoms with Crippen molar-refractivity contribution < 1.29 is 9.57 Å². The molecule has 0 heterocycles. The molecule has 0 aliphatic carbocycles. The SMILES string of the molecule is Cc1[c]cccc1OCCON=C(CCC(C)C)c1ccc(-c2ccccc2)cc1. The normalized spacial score (nSPS) is 11.5. The van der Waals surface area contributed by atoms with Gasteiger partial charge in [-0.25, -0.2) is 0 Å². The third-order valence-electron chi connectivity index (χ3n) is 4.90. The summed E-state index contributed by atoms with van der Waals surface area (Å²) in [6.07, 6.45) is 1.95. The highest BCUT2D eigenvalue weighted by atomic mass is 16.6. The van der Waals surface area contributed by atoms with Crippen LogP contribution in [0.2, 0.25) is 0 Å². The van der Waals surface area contributed by atoms with E-state index in [1.807, 2.05) is 31.2 Å². The molecule has 0 aliphatic rings. The number of ether oxygens (including phenoxy) is 1. The molecular formula is C27H30NO2. The van der Waals surface area contributed by atoms with Gasteiger partial charge >= 0.3 is 0 Å². The minimum atomic E-state index is 0.404. The third kappa shape index (κ3) is 6.48. The molecule has 0 N–H and O–H groups in total. The first-order valence-corrected chi connectivity index (χ1v) is 10.6. The molecule has 0 aliphatic heterocycles. The Balaban J connectivity index is 1.62. The molecular weight excluding hydrogens is 370 g/mol. The average molecular weight is 401 g/mol. The molecule has 155 valence electrons. The molecule has 0 bridgehead atoms. The summed E-state index contributed by atoms with van der Waals surface area (Å²) in [4.78, 5) is 5.61. The predicted molar refractivity (Wildman–Crippen MR) is 124 cm³/mol. The van der Waals surface area contributed by atoms with Gasteiger partial charge in [-0.15, -0.1) is 0 Å². The van der Waals surface area contributed by atoms with E-state index in [1.54, 1.807) is 0 Å². The zero-order chi connectivity index (χ0) is 21.2. The Kier molecular flexibility index (Phi) is 8.08. The van der Waals surface area contributed by atoms with Gasteiger partial charge in [0, 0.05) is 0 Å². The van der Waals surface area contributed by atoms with Crippen LogP contribution in [0.25, 0.3) is 11.1 Å². The van der Waals surface area contributed by atoms with Gasteiger partial charge in [-0.05, 0) is 60.1 Å². The van der Waals surface area contributed by atoms with Crippen molar-refractivity contribution in [2.24, 2.45) is 11.1 Å². The highest BCUT2D eigenvalue weighted by Gasteiger charge is 2.08. The van der Waals surface area contributed by atoms with E-state index in [1.165, 1.54) is 11.1 Å². The smallest absolute Gasteiger partial charge is 0.151 e. The number of nitrogens with zero attached hydrogens (tertiary/aromatic N) is 1. The van der Waals surface area contributed by atoms with E-state index in [0.717, 1.165) is 35.4 Å². The van der Waals surface area contributed by atoms with Crippen LogP contribution in [0, 0.1) is 18.9 Å². The van der Waals surface area contributed by atoms with Gasteiger partial charge in [0.1, 0.15) is 12.4 Å². The molecule has 0 aromatic heterocycles. The Labute approximate surface area is 180 Å². The van der Waals surface area contributed by atoms with E-state index >= 15 is 0 Å². The van der Waals surface area contributed by atoms with Gasteiger partial charge in [0.15, 0.2) is 6.61 Å². The lowest BCUT2D eigenvalue weighted by Crippen LogP contribution is -2.08. The Morgan fingerprint density at radius 3 is 2.33 bits per heavy atom. The Morgan fingerprint density at radius 2 is 1.63 bits per heavy atom. The summed E-state index contributed by atoms with van der Waals surface area (Å²) >= 11 is 0. The summed E-state index contributed by atoms with van der Waals surface area (Å²) in [7, 11) is 0. The fraction of sp³-hybridized carbons (Fsp3) is 0.296. The lowest BCUT2D eigenvalue weighted by molar-refractivity contribution is 0.106. The summed E-state index contributed by atoms with van der Waals surface area (Å²) in [5.74, 6) is 1.45. The second-order valence-electron chi connectivity index (χ2n) is 7.75. The van der Waals surface area contributed by atoms with Crippen molar-refractivity contribution in [2.45, 2.75) is 33.6 Å². The maximum absolute atomic E-state index is 5.76. The Hall–Kier alpha value is -3.07. The van der Waals surface area contributed by atoms with Crippen LogP contribution in [-0.2, 0) is 4.84 Å². The second kappa shape index (κ2) is 11.2. The standard InChI is InChI=1S/C27H30NO2/c1-21(2)13-18-26(28-30-20-19-29-27-12-8-7-9-22(27)3)25-16-14-24(15-17-25)23-10-5-4-6-11-23/h4-8,10-12,14-17,21H,13,18-20H2,1-3H3. The molecule has 0 unspecified atom stereocenters. The molecule has 3 aromatic carbocycles. The highest BCUT2D eigenvalue weighted by Crippen LogP contribution is 2.21. The van der Waals surface area contributed by atoms with Gasteiger partial charge in [-0.3, -0.25) is 0 Å². The van der Waals surface area contributed by atoms with E-state index in [4.69, 9.17) is 9.57 Å². The van der Waals surface area contributed by atoms with E-state index in [0.29, 0.717) is 19.1 Å². The van der Waals surface area contributed by atoms with E-state index in [9.17, 15) is 0 Å². The van der Waals surface area contributed by atoms with Crippen LogP contribution < -0.4 is 4.74 Å². The number of benzene rings is 3. The van der Waals surface area contributed by atoms with Gasteiger partial charge in [0.2, 0.25) is 0 Å². The number of rotatable bonds is 10. The van der Waals surface area contributed by atoms with Gasteiger partial charge in [0.05, 0.1) is 5.71 Å². The first-order valence-electron chi connectivity index (χ1n) is 10.6. The summed E-state index contributed by atoms with van der Waals surface area (Å²) in [5.41, 5.74) is 5.49. The summed E-state index contributed by atoms with van der Waals surface area (Å²) in [6.45, 7) is 7.29. The largest absolute Gasteiger partial charge is 0.490 e. The average Bonchev–Trinajstić information content (AvgIpc) is 2.77. The summed E-state index contributed by atoms with van der Waals surface area (Å²) in [5, 5.41) is 4.45. The van der Waals surface area contributed by atoms with Crippen molar-refractivity contribution in [1.29, 1.82) is 0 Å². The second-order valence-corrected chi connectivity index (χ2v) is 7.75. The van der Waals surface area contributed by atoms with Crippen molar-refractivity contribution >= 4 is 5.71 Å². The van der Waals surface area contributed by atoms with Crippen LogP contribution in [0.3, 0.4) is 0 Å². The molecule has 3 heteroatoms. The van der Waals surface area contributed by atoms with Gasteiger partial charge in [-0.2, -0.15) is 0 Å². The molecule has 0 saturated carbocycles. The fourth-order valence-electron chi connectivity index (χ4n) is 3.13. The molecule has 0 spiro atoms. The van der Waals surface area contributed by atoms with Crippen LogP contribution in [0.5, 0.6) is 5.75 Å².